The number of hydrogen-bond acceptors (Lipinski definition) is 3. The van der Waals surface area contributed by atoms with Crippen molar-refractivity contribution in [1.29, 1.82) is 0 Å². The van der Waals surface area contributed by atoms with E-state index in [0.717, 1.165) is 0 Å². The smallest absolute Gasteiger partial charge is 0.156 e. The number of rotatable bonds is 3. The molecule has 1 saturated heterocycles. The highest BCUT2D eigenvalue weighted by Crippen LogP contribution is 2.45. The van der Waals surface area contributed by atoms with Crippen molar-refractivity contribution in [3.63, 3.8) is 0 Å². The average molecular weight is 324 g/mol. The van der Waals surface area contributed by atoms with Crippen LogP contribution in [0.2, 0.25) is 0 Å². The summed E-state index contributed by atoms with van der Waals surface area (Å²) in [5, 5.41) is 0. The van der Waals surface area contributed by atoms with E-state index in [0.29, 0.717) is 36.8 Å². The minimum Gasteiger partial charge on any atom is -0.346 e. The summed E-state index contributed by atoms with van der Waals surface area (Å²) in [6.07, 6.45) is 1.02. The van der Waals surface area contributed by atoms with E-state index in [1.807, 2.05) is 13.8 Å². The molecule has 2 aliphatic rings. The maximum Gasteiger partial charge on any atom is 0.156 e. The second-order valence-electron chi connectivity index (χ2n) is 6.81. The zero-order chi connectivity index (χ0) is 16.8. The standard InChI is InChI=1S/C18H22F2O3/c1-10-6-16(20)13(8-15(10)19)7-11(2)18-5-4-14(21)9-17(18)22-12(3)23-18/h6,8,11-12,17H,4-5,7,9H2,1-3H3/t11?,12?,17-,18-/m1/s1. The van der Waals surface area contributed by atoms with Crippen molar-refractivity contribution in [3.8, 4) is 0 Å². The van der Waals surface area contributed by atoms with Gasteiger partial charge in [0.25, 0.3) is 0 Å². The molecule has 0 spiro atoms. The molecule has 0 radical (unpaired) electrons. The Kier molecular flexibility index (Phi) is 4.27. The molecule has 2 fully saturated rings. The van der Waals surface area contributed by atoms with Gasteiger partial charge in [-0.2, -0.15) is 0 Å². The molecule has 0 amide bonds. The molecule has 23 heavy (non-hydrogen) atoms. The fourth-order valence-corrected chi connectivity index (χ4v) is 3.87. The van der Waals surface area contributed by atoms with Crippen LogP contribution in [0.3, 0.4) is 0 Å². The van der Waals surface area contributed by atoms with Crippen LogP contribution in [0.5, 0.6) is 0 Å². The zero-order valence-corrected chi connectivity index (χ0v) is 13.7. The van der Waals surface area contributed by atoms with Gasteiger partial charge in [-0.25, -0.2) is 8.78 Å². The van der Waals surface area contributed by atoms with Gasteiger partial charge in [-0.15, -0.1) is 0 Å². The summed E-state index contributed by atoms with van der Waals surface area (Å²) >= 11 is 0. The number of halogens is 2. The van der Waals surface area contributed by atoms with Gasteiger partial charge in [-0.3, -0.25) is 4.79 Å². The molecule has 1 aromatic rings. The van der Waals surface area contributed by atoms with Crippen LogP contribution in [0.15, 0.2) is 12.1 Å². The van der Waals surface area contributed by atoms with E-state index < -0.39 is 17.2 Å². The Labute approximate surface area is 135 Å². The van der Waals surface area contributed by atoms with Gasteiger partial charge in [0, 0.05) is 12.8 Å². The first-order valence-corrected chi connectivity index (χ1v) is 8.11. The molecular weight excluding hydrogens is 302 g/mol. The number of Topliss-reactive ketones (excluding diaryl/α,β-unsaturated/α-hetero) is 1. The first-order valence-electron chi connectivity index (χ1n) is 8.11. The van der Waals surface area contributed by atoms with Gasteiger partial charge >= 0.3 is 0 Å². The summed E-state index contributed by atoms with van der Waals surface area (Å²) in [7, 11) is 0. The van der Waals surface area contributed by atoms with Crippen LogP contribution in [0.25, 0.3) is 0 Å². The number of ketones is 1. The topological polar surface area (TPSA) is 35.5 Å². The monoisotopic (exact) mass is 324 g/mol. The van der Waals surface area contributed by atoms with Gasteiger partial charge < -0.3 is 9.47 Å². The van der Waals surface area contributed by atoms with E-state index in [1.54, 1.807) is 6.92 Å². The van der Waals surface area contributed by atoms with Crippen molar-refractivity contribution in [2.45, 2.75) is 64.4 Å². The summed E-state index contributed by atoms with van der Waals surface area (Å²) in [5.41, 5.74) is 0.0438. The summed E-state index contributed by atoms with van der Waals surface area (Å²) in [6, 6.07) is 2.49. The Morgan fingerprint density at radius 2 is 2.09 bits per heavy atom. The van der Waals surface area contributed by atoms with E-state index in [-0.39, 0.29) is 24.1 Å². The fourth-order valence-electron chi connectivity index (χ4n) is 3.87. The van der Waals surface area contributed by atoms with Gasteiger partial charge in [0.2, 0.25) is 0 Å². The van der Waals surface area contributed by atoms with Crippen molar-refractivity contribution in [2.75, 3.05) is 0 Å². The van der Waals surface area contributed by atoms with E-state index in [1.165, 1.54) is 12.1 Å². The number of benzene rings is 1. The molecule has 1 heterocycles. The van der Waals surface area contributed by atoms with Gasteiger partial charge in [0.1, 0.15) is 23.0 Å². The molecule has 1 aliphatic heterocycles. The second-order valence-corrected chi connectivity index (χ2v) is 6.81. The summed E-state index contributed by atoms with van der Waals surface area (Å²) < 4.78 is 39.7. The van der Waals surface area contributed by atoms with Gasteiger partial charge in [0.05, 0.1) is 6.10 Å². The normalized spacial score (nSPS) is 32.0. The lowest BCUT2D eigenvalue weighted by molar-refractivity contribution is -0.132. The zero-order valence-electron chi connectivity index (χ0n) is 13.7. The lowest BCUT2D eigenvalue weighted by Crippen LogP contribution is -2.50. The fraction of sp³-hybridized carbons (Fsp3) is 0.611. The predicted octanol–water partition coefficient (Wildman–Crippen LogP) is 3.71. The van der Waals surface area contributed by atoms with Crippen molar-refractivity contribution in [3.05, 3.63) is 34.9 Å². The molecular formula is C18H22F2O3. The van der Waals surface area contributed by atoms with E-state index in [4.69, 9.17) is 9.47 Å². The van der Waals surface area contributed by atoms with E-state index in [2.05, 4.69) is 0 Å². The van der Waals surface area contributed by atoms with Crippen molar-refractivity contribution < 1.29 is 23.0 Å². The molecule has 1 aliphatic carbocycles. The maximum atomic E-state index is 14.1. The number of carbonyl (C=O) groups excluding carboxylic acids is 1. The van der Waals surface area contributed by atoms with Crippen molar-refractivity contribution in [2.24, 2.45) is 5.92 Å². The number of hydrogen-bond donors (Lipinski definition) is 0. The molecule has 2 unspecified atom stereocenters. The molecule has 5 heteroatoms. The van der Waals surface area contributed by atoms with Crippen LogP contribution >= 0.6 is 0 Å². The Balaban J connectivity index is 1.85. The number of carbonyl (C=O) groups is 1. The molecule has 3 rings (SSSR count). The molecule has 1 aromatic carbocycles. The highest BCUT2D eigenvalue weighted by molar-refractivity contribution is 5.80. The molecule has 3 nitrogen and oxygen atoms in total. The highest BCUT2D eigenvalue weighted by Gasteiger charge is 2.54. The molecule has 0 bridgehead atoms. The third kappa shape index (κ3) is 2.92. The summed E-state index contributed by atoms with van der Waals surface area (Å²) in [5.74, 6) is -0.716. The van der Waals surface area contributed by atoms with E-state index in [9.17, 15) is 13.6 Å². The van der Waals surface area contributed by atoms with Gasteiger partial charge in [0.15, 0.2) is 6.29 Å². The predicted molar refractivity (Wildman–Crippen MR) is 81.0 cm³/mol. The maximum absolute atomic E-state index is 14.1. The van der Waals surface area contributed by atoms with Crippen LogP contribution < -0.4 is 0 Å². The molecule has 1 saturated carbocycles. The highest BCUT2D eigenvalue weighted by atomic mass is 19.1. The minimum absolute atomic E-state index is 0.0813. The number of fused-ring (bicyclic) bond motifs is 1. The SMILES string of the molecule is Cc1cc(F)c(CC(C)[C@]23CCC(=O)C[C@H]2OC(C)O3)cc1F. The molecule has 0 aromatic heterocycles. The Bertz CT molecular complexity index is 631. The van der Waals surface area contributed by atoms with Crippen LogP contribution in [0.4, 0.5) is 8.78 Å². The van der Waals surface area contributed by atoms with E-state index >= 15 is 0 Å². The van der Waals surface area contributed by atoms with Gasteiger partial charge in [-0.1, -0.05) is 6.92 Å². The number of ether oxygens (including phenoxy) is 2. The van der Waals surface area contributed by atoms with Crippen LogP contribution in [0, 0.1) is 24.5 Å². The third-order valence-corrected chi connectivity index (χ3v) is 5.18. The largest absolute Gasteiger partial charge is 0.346 e. The number of aryl methyl sites for hydroxylation is 1. The second kappa shape index (κ2) is 5.95. The Morgan fingerprint density at radius 3 is 2.83 bits per heavy atom. The van der Waals surface area contributed by atoms with Crippen LogP contribution in [0.1, 0.15) is 44.2 Å². The van der Waals surface area contributed by atoms with Gasteiger partial charge in [-0.05, 0) is 55.9 Å². The first kappa shape index (κ1) is 16.5. The molecule has 126 valence electrons. The molecule has 4 atom stereocenters. The quantitative estimate of drug-likeness (QED) is 0.850. The first-order chi connectivity index (χ1) is 10.8. The average Bonchev–Trinajstić information content (AvgIpc) is 2.81. The van der Waals surface area contributed by atoms with Crippen molar-refractivity contribution >= 4 is 5.78 Å². The third-order valence-electron chi connectivity index (χ3n) is 5.18. The van der Waals surface area contributed by atoms with Crippen LogP contribution in [-0.2, 0) is 20.7 Å². The summed E-state index contributed by atoms with van der Waals surface area (Å²) in [4.78, 5) is 11.7. The Hall–Kier alpha value is -1.33. The minimum atomic E-state index is -0.596. The van der Waals surface area contributed by atoms with Crippen molar-refractivity contribution in [1.82, 2.24) is 0 Å². The van der Waals surface area contributed by atoms with Crippen LogP contribution in [-0.4, -0.2) is 23.8 Å². The summed E-state index contributed by atoms with van der Waals surface area (Å²) in [6.45, 7) is 5.31. The lowest BCUT2D eigenvalue weighted by atomic mass is 9.72. The molecule has 0 N–H and O–H groups in total. The lowest BCUT2D eigenvalue weighted by Gasteiger charge is -2.40. The Morgan fingerprint density at radius 1 is 1.35 bits per heavy atom.